The monoisotopic (exact) mass is 219 g/mol. The second kappa shape index (κ2) is 4.83. The molecule has 0 saturated carbocycles. The molecule has 0 bridgehead atoms. The smallest absolute Gasteiger partial charge is 0.0545 e. The summed E-state index contributed by atoms with van der Waals surface area (Å²) in [6.45, 7) is 5.57. The number of aromatic nitrogens is 1. The van der Waals surface area contributed by atoms with Crippen LogP contribution >= 0.6 is 0 Å². The Bertz CT molecular complexity index is 324. The van der Waals surface area contributed by atoms with Crippen molar-refractivity contribution in [2.45, 2.75) is 51.7 Å². The molecule has 1 aliphatic rings. The average Bonchev–Trinajstić information content (AvgIpc) is 2.26. The van der Waals surface area contributed by atoms with Gasteiger partial charge in [0.25, 0.3) is 0 Å². The van der Waals surface area contributed by atoms with Gasteiger partial charge in [-0.05, 0) is 38.8 Å². The molecule has 0 amide bonds. The van der Waals surface area contributed by atoms with Crippen LogP contribution in [0, 0.1) is 0 Å². The summed E-state index contributed by atoms with van der Waals surface area (Å²) >= 11 is 0. The van der Waals surface area contributed by atoms with E-state index in [0.29, 0.717) is 12.1 Å². The van der Waals surface area contributed by atoms with E-state index in [1.165, 1.54) is 19.3 Å². The Kier molecular flexibility index (Phi) is 3.44. The summed E-state index contributed by atoms with van der Waals surface area (Å²) in [6.07, 6.45) is 5.71. The van der Waals surface area contributed by atoms with Crippen LogP contribution in [-0.2, 0) is 6.54 Å². The fraction of sp³-hybridized carbons (Fsp3) is 0.615. The second-order valence-electron chi connectivity index (χ2n) is 4.88. The lowest BCUT2D eigenvalue weighted by molar-refractivity contribution is 0.0938. The van der Waals surface area contributed by atoms with Crippen molar-refractivity contribution in [2.75, 3.05) is 5.73 Å². The molecule has 2 N–H and O–H groups in total. The van der Waals surface area contributed by atoms with Crippen molar-refractivity contribution in [1.82, 2.24) is 9.88 Å². The highest BCUT2D eigenvalue weighted by molar-refractivity contribution is 5.34. The zero-order valence-electron chi connectivity index (χ0n) is 10.2. The van der Waals surface area contributed by atoms with Crippen molar-refractivity contribution in [3.8, 4) is 0 Å². The van der Waals surface area contributed by atoms with Gasteiger partial charge in [-0.25, -0.2) is 0 Å². The van der Waals surface area contributed by atoms with E-state index in [-0.39, 0.29) is 0 Å². The third-order valence-corrected chi connectivity index (χ3v) is 3.57. The maximum atomic E-state index is 5.64. The van der Waals surface area contributed by atoms with Crippen LogP contribution in [0.1, 0.15) is 38.8 Å². The normalized spacial score (nSPS) is 26.9. The molecule has 3 heteroatoms. The summed E-state index contributed by atoms with van der Waals surface area (Å²) in [6, 6.07) is 5.30. The molecule has 88 valence electrons. The molecular formula is C13H21N3. The molecule has 2 unspecified atom stereocenters. The predicted octanol–water partition coefficient (Wildman–Crippen LogP) is 2.43. The lowest BCUT2D eigenvalue weighted by atomic mass is 9.97. The van der Waals surface area contributed by atoms with Gasteiger partial charge in [-0.3, -0.25) is 9.88 Å². The third kappa shape index (κ3) is 2.53. The number of hydrogen-bond donors (Lipinski definition) is 1. The van der Waals surface area contributed by atoms with Crippen LogP contribution in [-0.4, -0.2) is 22.0 Å². The van der Waals surface area contributed by atoms with Crippen LogP contribution in [0.25, 0.3) is 0 Å². The molecule has 1 fully saturated rings. The Labute approximate surface area is 97.7 Å². The summed E-state index contributed by atoms with van der Waals surface area (Å²) in [5.41, 5.74) is 7.50. The van der Waals surface area contributed by atoms with E-state index >= 15 is 0 Å². The minimum atomic E-state index is 0.670. The summed E-state index contributed by atoms with van der Waals surface area (Å²) in [5.74, 6) is 0. The topological polar surface area (TPSA) is 42.1 Å². The number of rotatable bonds is 2. The van der Waals surface area contributed by atoms with Gasteiger partial charge in [-0.1, -0.05) is 6.42 Å². The first-order valence-corrected chi connectivity index (χ1v) is 6.13. The molecular weight excluding hydrogens is 198 g/mol. The van der Waals surface area contributed by atoms with Crippen molar-refractivity contribution >= 4 is 5.69 Å². The number of nitrogens with two attached hydrogens (primary N) is 1. The molecule has 0 radical (unpaired) electrons. The molecule has 1 saturated heterocycles. The molecule has 0 spiro atoms. The molecule has 1 aromatic heterocycles. The summed E-state index contributed by atoms with van der Waals surface area (Å²) in [4.78, 5) is 6.92. The molecule has 0 aliphatic carbocycles. The van der Waals surface area contributed by atoms with E-state index in [2.05, 4.69) is 23.7 Å². The van der Waals surface area contributed by atoms with Crippen molar-refractivity contribution in [1.29, 1.82) is 0 Å². The van der Waals surface area contributed by atoms with Gasteiger partial charge in [0, 0.05) is 18.6 Å². The largest absolute Gasteiger partial charge is 0.397 e. The van der Waals surface area contributed by atoms with Gasteiger partial charge in [0.05, 0.1) is 17.6 Å². The van der Waals surface area contributed by atoms with Crippen LogP contribution in [0.2, 0.25) is 0 Å². The minimum Gasteiger partial charge on any atom is -0.397 e. The van der Waals surface area contributed by atoms with Gasteiger partial charge >= 0.3 is 0 Å². The van der Waals surface area contributed by atoms with Crippen molar-refractivity contribution in [3.63, 3.8) is 0 Å². The molecule has 16 heavy (non-hydrogen) atoms. The van der Waals surface area contributed by atoms with Gasteiger partial charge in [0.2, 0.25) is 0 Å². The van der Waals surface area contributed by atoms with Crippen LogP contribution in [0.3, 0.4) is 0 Å². The van der Waals surface area contributed by atoms with Crippen molar-refractivity contribution in [3.05, 3.63) is 24.0 Å². The Balaban J connectivity index is 2.04. The fourth-order valence-electron chi connectivity index (χ4n) is 2.50. The first-order valence-electron chi connectivity index (χ1n) is 6.13. The molecule has 1 aromatic rings. The maximum absolute atomic E-state index is 5.64. The fourth-order valence-corrected chi connectivity index (χ4v) is 2.50. The lowest BCUT2D eigenvalue weighted by Crippen LogP contribution is -2.43. The van der Waals surface area contributed by atoms with E-state index in [9.17, 15) is 0 Å². The van der Waals surface area contributed by atoms with Crippen LogP contribution in [0.15, 0.2) is 18.3 Å². The number of piperidine rings is 1. The second-order valence-corrected chi connectivity index (χ2v) is 4.88. The van der Waals surface area contributed by atoms with E-state index < -0.39 is 0 Å². The number of hydrogen-bond acceptors (Lipinski definition) is 3. The molecule has 2 atom stereocenters. The van der Waals surface area contributed by atoms with Gasteiger partial charge in [-0.15, -0.1) is 0 Å². The van der Waals surface area contributed by atoms with Crippen LogP contribution < -0.4 is 5.73 Å². The first kappa shape index (κ1) is 11.4. The molecule has 2 rings (SSSR count). The molecule has 2 heterocycles. The van der Waals surface area contributed by atoms with Crippen molar-refractivity contribution < 1.29 is 0 Å². The summed E-state index contributed by atoms with van der Waals surface area (Å²) in [5, 5.41) is 0. The summed E-state index contributed by atoms with van der Waals surface area (Å²) < 4.78 is 0. The Hall–Kier alpha value is -1.09. The SMILES string of the molecule is CC1CCCC(C)N1Cc1ccc(N)cn1. The van der Waals surface area contributed by atoms with E-state index in [1.54, 1.807) is 6.20 Å². The number of nitrogens with zero attached hydrogens (tertiary/aromatic N) is 2. The van der Waals surface area contributed by atoms with E-state index in [1.807, 2.05) is 12.1 Å². The third-order valence-electron chi connectivity index (χ3n) is 3.57. The molecule has 0 aromatic carbocycles. The Morgan fingerprint density at radius 1 is 1.31 bits per heavy atom. The van der Waals surface area contributed by atoms with Gasteiger partial charge in [0.1, 0.15) is 0 Å². The highest BCUT2D eigenvalue weighted by Crippen LogP contribution is 2.24. The van der Waals surface area contributed by atoms with Crippen molar-refractivity contribution in [2.24, 2.45) is 0 Å². The number of pyridine rings is 1. The van der Waals surface area contributed by atoms with Gasteiger partial charge in [-0.2, -0.15) is 0 Å². The number of likely N-dealkylation sites (tertiary alicyclic amines) is 1. The Morgan fingerprint density at radius 3 is 2.56 bits per heavy atom. The molecule has 3 nitrogen and oxygen atoms in total. The number of anilines is 1. The minimum absolute atomic E-state index is 0.670. The first-order chi connectivity index (χ1) is 7.66. The highest BCUT2D eigenvalue weighted by Gasteiger charge is 2.24. The van der Waals surface area contributed by atoms with Gasteiger partial charge < -0.3 is 5.73 Å². The summed E-state index contributed by atoms with van der Waals surface area (Å²) in [7, 11) is 0. The van der Waals surface area contributed by atoms with E-state index in [4.69, 9.17) is 5.73 Å². The standard InChI is InChI=1S/C13H21N3/c1-10-4-3-5-11(2)16(10)9-13-7-6-12(14)8-15-13/h6-8,10-11H,3-5,9,14H2,1-2H3. The highest BCUT2D eigenvalue weighted by atomic mass is 15.2. The molecule has 1 aliphatic heterocycles. The zero-order valence-corrected chi connectivity index (χ0v) is 10.2. The zero-order chi connectivity index (χ0) is 11.5. The maximum Gasteiger partial charge on any atom is 0.0545 e. The van der Waals surface area contributed by atoms with Crippen LogP contribution in [0.4, 0.5) is 5.69 Å². The van der Waals surface area contributed by atoms with Crippen LogP contribution in [0.5, 0.6) is 0 Å². The lowest BCUT2D eigenvalue weighted by Gasteiger charge is -2.38. The Morgan fingerprint density at radius 2 is 2.00 bits per heavy atom. The average molecular weight is 219 g/mol. The van der Waals surface area contributed by atoms with E-state index in [0.717, 1.165) is 17.9 Å². The quantitative estimate of drug-likeness (QED) is 0.830. The predicted molar refractivity (Wildman–Crippen MR) is 67.0 cm³/mol. The number of nitrogen functional groups attached to an aromatic ring is 1. The van der Waals surface area contributed by atoms with Gasteiger partial charge in [0.15, 0.2) is 0 Å².